The maximum absolute atomic E-state index is 12.4. The third-order valence-electron chi connectivity index (χ3n) is 4.68. The molecule has 0 aliphatic carbocycles. The fourth-order valence-electron chi connectivity index (χ4n) is 3.11. The second kappa shape index (κ2) is 9.10. The fourth-order valence-corrected chi connectivity index (χ4v) is 4.12. The van der Waals surface area contributed by atoms with Crippen LogP contribution in [0.25, 0.3) is 10.8 Å². The van der Waals surface area contributed by atoms with Crippen LogP contribution < -0.4 is 20.5 Å². The van der Waals surface area contributed by atoms with Crippen molar-refractivity contribution in [3.05, 3.63) is 53.0 Å². The molecule has 0 atom stereocenters. The minimum absolute atomic E-state index is 0.209. The van der Waals surface area contributed by atoms with Crippen LogP contribution in [0.15, 0.2) is 42.5 Å². The quantitative estimate of drug-likeness (QED) is 0.608. The zero-order chi connectivity index (χ0) is 20.9. The third kappa shape index (κ3) is 4.69. The lowest BCUT2D eigenvalue weighted by Gasteiger charge is -2.25. The van der Waals surface area contributed by atoms with Gasteiger partial charge in [-0.1, -0.05) is 41.7 Å². The van der Waals surface area contributed by atoms with Crippen molar-refractivity contribution in [2.45, 2.75) is 6.92 Å². The lowest BCUT2D eigenvalue weighted by atomic mass is 10.1. The number of morpholine rings is 1. The van der Waals surface area contributed by atoms with Crippen LogP contribution in [0.1, 0.15) is 15.4 Å². The maximum Gasteiger partial charge on any atom is 0.281 e. The molecule has 0 radical (unpaired) electrons. The lowest BCUT2D eigenvalue weighted by molar-refractivity contribution is -0.123. The summed E-state index contributed by atoms with van der Waals surface area (Å²) in [5, 5.41) is 2.91. The van der Waals surface area contributed by atoms with Gasteiger partial charge in [-0.2, -0.15) is 0 Å². The molecule has 2 heterocycles. The van der Waals surface area contributed by atoms with Crippen molar-refractivity contribution in [1.82, 2.24) is 15.8 Å². The second-order valence-corrected chi connectivity index (χ2v) is 7.79. The molecule has 3 aromatic rings. The SMILES string of the molecule is Cc1nc(N2CCOCC2)sc1C(=O)NNC(=O)COc1ccc2ccccc2c1. The van der Waals surface area contributed by atoms with Gasteiger partial charge >= 0.3 is 0 Å². The Morgan fingerprint density at radius 2 is 1.90 bits per heavy atom. The minimum atomic E-state index is -0.452. The number of rotatable bonds is 5. The third-order valence-corrected chi connectivity index (χ3v) is 5.90. The molecule has 0 saturated carbocycles. The molecule has 1 aliphatic rings. The number of aromatic nitrogens is 1. The Kier molecular flexibility index (Phi) is 6.10. The maximum atomic E-state index is 12.4. The van der Waals surface area contributed by atoms with E-state index in [0.29, 0.717) is 29.5 Å². The number of hydrogen-bond acceptors (Lipinski definition) is 7. The number of ether oxygens (including phenoxy) is 2. The number of nitrogens with zero attached hydrogens (tertiary/aromatic N) is 2. The first kappa shape index (κ1) is 20.1. The summed E-state index contributed by atoms with van der Waals surface area (Å²) in [5.74, 6) is -0.265. The number of thiazole rings is 1. The molecule has 30 heavy (non-hydrogen) atoms. The van der Waals surface area contributed by atoms with E-state index in [9.17, 15) is 9.59 Å². The van der Waals surface area contributed by atoms with E-state index < -0.39 is 11.8 Å². The average molecular weight is 426 g/mol. The molecular weight excluding hydrogens is 404 g/mol. The number of amides is 2. The van der Waals surface area contributed by atoms with E-state index in [4.69, 9.17) is 9.47 Å². The van der Waals surface area contributed by atoms with Crippen molar-refractivity contribution in [1.29, 1.82) is 0 Å². The molecule has 8 nitrogen and oxygen atoms in total. The van der Waals surface area contributed by atoms with E-state index in [-0.39, 0.29) is 6.61 Å². The van der Waals surface area contributed by atoms with Crippen LogP contribution in [-0.4, -0.2) is 49.7 Å². The summed E-state index contributed by atoms with van der Waals surface area (Å²) in [4.78, 5) is 31.5. The molecule has 0 spiro atoms. The van der Waals surface area contributed by atoms with Gasteiger partial charge in [0.1, 0.15) is 10.6 Å². The zero-order valence-electron chi connectivity index (χ0n) is 16.5. The van der Waals surface area contributed by atoms with Crippen molar-refractivity contribution < 1.29 is 19.1 Å². The molecule has 156 valence electrons. The minimum Gasteiger partial charge on any atom is -0.484 e. The van der Waals surface area contributed by atoms with Crippen LogP contribution in [0.5, 0.6) is 5.75 Å². The van der Waals surface area contributed by atoms with E-state index in [1.54, 1.807) is 6.92 Å². The fraction of sp³-hybridized carbons (Fsp3) is 0.286. The summed E-state index contributed by atoms with van der Waals surface area (Å²) < 4.78 is 10.9. The zero-order valence-corrected chi connectivity index (χ0v) is 17.3. The highest BCUT2D eigenvalue weighted by molar-refractivity contribution is 7.17. The van der Waals surface area contributed by atoms with Gasteiger partial charge in [-0.05, 0) is 29.8 Å². The molecule has 2 amide bonds. The molecule has 1 fully saturated rings. The number of fused-ring (bicyclic) bond motifs is 1. The Hall–Kier alpha value is -3.17. The smallest absolute Gasteiger partial charge is 0.281 e. The van der Waals surface area contributed by atoms with Crippen LogP contribution >= 0.6 is 11.3 Å². The van der Waals surface area contributed by atoms with Gasteiger partial charge in [-0.3, -0.25) is 20.4 Å². The highest BCUT2D eigenvalue weighted by atomic mass is 32.1. The van der Waals surface area contributed by atoms with E-state index in [2.05, 4.69) is 20.7 Å². The summed E-state index contributed by atoms with van der Waals surface area (Å²) in [7, 11) is 0. The predicted molar refractivity (Wildman–Crippen MR) is 115 cm³/mol. The second-order valence-electron chi connectivity index (χ2n) is 6.81. The molecule has 4 rings (SSSR count). The summed E-state index contributed by atoms with van der Waals surface area (Å²) in [6, 6.07) is 13.5. The van der Waals surface area contributed by atoms with E-state index in [1.165, 1.54) is 11.3 Å². The van der Waals surface area contributed by atoms with Gasteiger partial charge < -0.3 is 14.4 Å². The number of anilines is 1. The first-order valence-electron chi connectivity index (χ1n) is 9.61. The van der Waals surface area contributed by atoms with E-state index in [1.807, 2.05) is 42.5 Å². The highest BCUT2D eigenvalue weighted by Crippen LogP contribution is 2.26. The molecule has 9 heteroatoms. The van der Waals surface area contributed by atoms with Gasteiger partial charge in [0.25, 0.3) is 11.8 Å². The number of nitrogens with one attached hydrogen (secondary N) is 2. The number of hydrogen-bond donors (Lipinski definition) is 2. The van der Waals surface area contributed by atoms with E-state index >= 15 is 0 Å². The van der Waals surface area contributed by atoms with Crippen LogP contribution in [0.2, 0.25) is 0 Å². The lowest BCUT2D eigenvalue weighted by Crippen LogP contribution is -2.43. The number of carbonyl (C=O) groups excluding carboxylic acids is 2. The number of hydrazine groups is 1. The topological polar surface area (TPSA) is 92.8 Å². The summed E-state index contributed by atoms with van der Waals surface area (Å²) in [5.41, 5.74) is 5.44. The Morgan fingerprint density at radius 3 is 2.70 bits per heavy atom. The van der Waals surface area contributed by atoms with Gasteiger partial charge in [-0.15, -0.1) is 0 Å². The van der Waals surface area contributed by atoms with E-state index in [0.717, 1.165) is 29.0 Å². The largest absolute Gasteiger partial charge is 0.484 e. The van der Waals surface area contributed by atoms with Gasteiger partial charge in [0.05, 0.1) is 18.9 Å². The normalized spacial score (nSPS) is 13.8. The van der Waals surface area contributed by atoms with Gasteiger partial charge in [0.2, 0.25) is 0 Å². The molecule has 1 saturated heterocycles. The van der Waals surface area contributed by atoms with Gasteiger partial charge in [0.15, 0.2) is 11.7 Å². The molecule has 1 aliphatic heterocycles. The number of benzene rings is 2. The first-order chi connectivity index (χ1) is 14.6. The average Bonchev–Trinajstić information content (AvgIpc) is 3.18. The van der Waals surface area contributed by atoms with Crippen molar-refractivity contribution in [2.75, 3.05) is 37.8 Å². The summed E-state index contributed by atoms with van der Waals surface area (Å²) in [6.07, 6.45) is 0. The van der Waals surface area contributed by atoms with Gasteiger partial charge in [0, 0.05) is 13.1 Å². The highest BCUT2D eigenvalue weighted by Gasteiger charge is 2.20. The van der Waals surface area contributed by atoms with Crippen LogP contribution in [0, 0.1) is 6.92 Å². The number of aryl methyl sites for hydroxylation is 1. The Balaban J connectivity index is 1.29. The van der Waals surface area contributed by atoms with Crippen molar-refractivity contribution in [3.63, 3.8) is 0 Å². The van der Waals surface area contributed by atoms with Crippen molar-refractivity contribution in [3.8, 4) is 5.75 Å². The first-order valence-corrected chi connectivity index (χ1v) is 10.4. The molecule has 0 unspecified atom stereocenters. The molecular formula is C21H22N4O4S. The van der Waals surface area contributed by atoms with Crippen molar-refractivity contribution in [2.24, 2.45) is 0 Å². The standard InChI is InChI=1S/C21H22N4O4S/c1-14-19(30-21(22-14)25-8-10-28-11-9-25)20(27)24-23-18(26)13-29-17-7-6-15-4-2-3-5-16(15)12-17/h2-7,12H,8-11,13H2,1H3,(H,23,26)(H,24,27). The molecule has 2 aromatic carbocycles. The summed E-state index contributed by atoms with van der Waals surface area (Å²) >= 11 is 1.30. The van der Waals surface area contributed by atoms with Crippen LogP contribution in [-0.2, 0) is 9.53 Å². The van der Waals surface area contributed by atoms with Crippen molar-refractivity contribution >= 4 is 39.1 Å². The monoisotopic (exact) mass is 426 g/mol. The van der Waals surface area contributed by atoms with Gasteiger partial charge in [-0.25, -0.2) is 4.98 Å². The predicted octanol–water partition coefficient (Wildman–Crippen LogP) is 2.28. The Labute approximate surface area is 177 Å². The number of carbonyl (C=O) groups is 2. The summed E-state index contributed by atoms with van der Waals surface area (Å²) in [6.45, 7) is 4.36. The molecule has 1 aromatic heterocycles. The van der Waals surface area contributed by atoms with Crippen LogP contribution in [0.3, 0.4) is 0 Å². The molecule has 0 bridgehead atoms. The van der Waals surface area contributed by atoms with Crippen LogP contribution in [0.4, 0.5) is 5.13 Å². The Bertz CT molecular complexity index is 1060. The Morgan fingerprint density at radius 1 is 1.13 bits per heavy atom. The molecule has 2 N–H and O–H groups in total.